The van der Waals surface area contributed by atoms with E-state index in [4.69, 9.17) is 4.74 Å². The summed E-state index contributed by atoms with van der Waals surface area (Å²) in [7, 11) is 1.87. The van der Waals surface area contributed by atoms with Gasteiger partial charge in [0.1, 0.15) is 5.82 Å². The van der Waals surface area contributed by atoms with Crippen molar-refractivity contribution in [1.82, 2.24) is 5.32 Å². The van der Waals surface area contributed by atoms with Crippen molar-refractivity contribution in [2.24, 2.45) is 5.92 Å². The number of likely N-dealkylation sites (N-methyl/N-ethyl adjacent to an activating group) is 1. The number of benzene rings is 1. The maximum absolute atomic E-state index is 13.8. The molecule has 2 unspecified atom stereocenters. The number of hydrogen-bond donors (Lipinski definition) is 1. The van der Waals surface area contributed by atoms with Crippen LogP contribution in [0.2, 0.25) is 0 Å². The van der Waals surface area contributed by atoms with Gasteiger partial charge in [0.05, 0.1) is 12.1 Å². The van der Waals surface area contributed by atoms with E-state index in [9.17, 15) is 4.39 Å². The summed E-state index contributed by atoms with van der Waals surface area (Å²) >= 11 is 0. The van der Waals surface area contributed by atoms with E-state index in [0.717, 1.165) is 0 Å². The molecule has 0 aliphatic heterocycles. The number of ether oxygens (including phenoxy) is 1. The molecule has 2 rings (SSSR count). The molecule has 0 heterocycles. The van der Waals surface area contributed by atoms with Crippen LogP contribution >= 0.6 is 0 Å². The van der Waals surface area contributed by atoms with Crippen molar-refractivity contribution >= 4 is 0 Å². The Morgan fingerprint density at radius 1 is 1.41 bits per heavy atom. The molecule has 94 valence electrons. The molecule has 1 fully saturated rings. The van der Waals surface area contributed by atoms with E-state index in [2.05, 4.69) is 5.32 Å². The van der Waals surface area contributed by atoms with E-state index in [1.165, 1.54) is 18.9 Å². The fourth-order valence-corrected chi connectivity index (χ4v) is 2.35. The zero-order valence-corrected chi connectivity index (χ0v) is 10.4. The molecule has 0 bridgehead atoms. The van der Waals surface area contributed by atoms with Crippen molar-refractivity contribution in [2.75, 3.05) is 13.7 Å². The zero-order chi connectivity index (χ0) is 12.3. The SMILES string of the molecule is CCOC(C1CC1)C(NC)c1ccccc1F. The molecule has 17 heavy (non-hydrogen) atoms. The van der Waals surface area contributed by atoms with Crippen LogP contribution in [0.3, 0.4) is 0 Å². The van der Waals surface area contributed by atoms with Crippen molar-refractivity contribution in [2.45, 2.75) is 31.9 Å². The van der Waals surface area contributed by atoms with Crippen molar-refractivity contribution in [3.05, 3.63) is 35.6 Å². The van der Waals surface area contributed by atoms with Crippen LogP contribution in [0, 0.1) is 11.7 Å². The number of rotatable bonds is 6. The van der Waals surface area contributed by atoms with Crippen LogP contribution in [0.5, 0.6) is 0 Å². The summed E-state index contributed by atoms with van der Waals surface area (Å²) in [6.07, 6.45) is 2.47. The highest BCUT2D eigenvalue weighted by atomic mass is 19.1. The predicted molar refractivity (Wildman–Crippen MR) is 66.3 cm³/mol. The zero-order valence-electron chi connectivity index (χ0n) is 10.4. The highest BCUT2D eigenvalue weighted by molar-refractivity contribution is 5.23. The lowest BCUT2D eigenvalue weighted by Gasteiger charge is -2.27. The lowest BCUT2D eigenvalue weighted by molar-refractivity contribution is 0.0196. The van der Waals surface area contributed by atoms with Gasteiger partial charge in [-0.3, -0.25) is 0 Å². The number of nitrogens with one attached hydrogen (secondary N) is 1. The summed E-state index contributed by atoms with van der Waals surface area (Å²) in [6, 6.07) is 6.89. The van der Waals surface area contributed by atoms with Gasteiger partial charge in [0.2, 0.25) is 0 Å². The van der Waals surface area contributed by atoms with Gasteiger partial charge in [-0.15, -0.1) is 0 Å². The van der Waals surface area contributed by atoms with Crippen LogP contribution in [-0.2, 0) is 4.74 Å². The Kier molecular flexibility index (Phi) is 4.13. The average molecular weight is 237 g/mol. The Bertz CT molecular complexity index is 365. The maximum atomic E-state index is 13.8. The van der Waals surface area contributed by atoms with Gasteiger partial charge in [0.15, 0.2) is 0 Å². The van der Waals surface area contributed by atoms with Crippen LogP contribution in [0.15, 0.2) is 24.3 Å². The molecule has 0 amide bonds. The second-order valence-electron chi connectivity index (χ2n) is 4.55. The molecule has 1 aromatic rings. The first-order valence-electron chi connectivity index (χ1n) is 6.31. The molecule has 0 radical (unpaired) electrons. The first kappa shape index (κ1) is 12.5. The Morgan fingerprint density at radius 2 is 2.12 bits per heavy atom. The largest absolute Gasteiger partial charge is 0.376 e. The molecule has 1 aromatic carbocycles. The van der Waals surface area contributed by atoms with Crippen LogP contribution in [0.25, 0.3) is 0 Å². The summed E-state index contributed by atoms with van der Waals surface area (Å²) in [5.74, 6) is 0.421. The van der Waals surface area contributed by atoms with E-state index >= 15 is 0 Å². The molecular weight excluding hydrogens is 217 g/mol. The van der Waals surface area contributed by atoms with Crippen molar-refractivity contribution in [3.63, 3.8) is 0 Å². The third-order valence-corrected chi connectivity index (χ3v) is 3.33. The molecule has 0 saturated heterocycles. The van der Waals surface area contributed by atoms with E-state index in [0.29, 0.717) is 18.1 Å². The van der Waals surface area contributed by atoms with Gasteiger partial charge in [-0.2, -0.15) is 0 Å². The van der Waals surface area contributed by atoms with E-state index in [1.807, 2.05) is 26.1 Å². The van der Waals surface area contributed by atoms with Crippen molar-refractivity contribution in [3.8, 4) is 0 Å². The minimum absolute atomic E-state index is 0.0522. The average Bonchev–Trinajstić information content (AvgIpc) is 3.15. The van der Waals surface area contributed by atoms with Gasteiger partial charge >= 0.3 is 0 Å². The highest BCUT2D eigenvalue weighted by Crippen LogP contribution is 2.40. The molecule has 2 nitrogen and oxygen atoms in total. The second-order valence-corrected chi connectivity index (χ2v) is 4.55. The van der Waals surface area contributed by atoms with Gasteiger partial charge in [-0.05, 0) is 38.8 Å². The fourth-order valence-electron chi connectivity index (χ4n) is 2.35. The Balaban J connectivity index is 2.21. The third kappa shape index (κ3) is 2.85. The Hall–Kier alpha value is -0.930. The number of halogens is 1. The lowest BCUT2D eigenvalue weighted by Crippen LogP contribution is -2.34. The molecule has 1 aliphatic rings. The smallest absolute Gasteiger partial charge is 0.128 e. The predicted octanol–water partition coefficient (Wildman–Crippen LogP) is 2.90. The van der Waals surface area contributed by atoms with Crippen LogP contribution in [0.4, 0.5) is 4.39 Å². The quantitative estimate of drug-likeness (QED) is 0.821. The first-order valence-corrected chi connectivity index (χ1v) is 6.31. The molecule has 0 spiro atoms. The lowest BCUT2D eigenvalue weighted by atomic mass is 9.97. The molecule has 1 saturated carbocycles. The molecule has 3 heteroatoms. The van der Waals surface area contributed by atoms with Crippen LogP contribution in [-0.4, -0.2) is 19.8 Å². The summed E-state index contributed by atoms with van der Waals surface area (Å²) < 4.78 is 19.6. The van der Waals surface area contributed by atoms with Crippen LogP contribution in [0.1, 0.15) is 31.4 Å². The third-order valence-electron chi connectivity index (χ3n) is 3.33. The standard InChI is InChI=1S/C14H20FNO/c1-3-17-14(10-8-9-10)13(16-2)11-6-4-5-7-12(11)15/h4-7,10,13-14,16H,3,8-9H2,1-2H3. The Labute approximate surface area is 102 Å². The fraction of sp³-hybridized carbons (Fsp3) is 0.571. The minimum Gasteiger partial charge on any atom is -0.376 e. The molecule has 2 atom stereocenters. The first-order chi connectivity index (χ1) is 8.27. The Morgan fingerprint density at radius 3 is 2.65 bits per heavy atom. The summed E-state index contributed by atoms with van der Waals surface area (Å²) in [5, 5.41) is 3.20. The van der Waals surface area contributed by atoms with Gasteiger partial charge in [-0.25, -0.2) is 4.39 Å². The van der Waals surface area contributed by atoms with E-state index < -0.39 is 0 Å². The van der Waals surface area contributed by atoms with Crippen molar-refractivity contribution in [1.29, 1.82) is 0 Å². The minimum atomic E-state index is -0.155. The normalized spacial score (nSPS) is 19.0. The molecular formula is C14H20FNO. The highest BCUT2D eigenvalue weighted by Gasteiger charge is 2.38. The number of hydrogen-bond acceptors (Lipinski definition) is 2. The van der Waals surface area contributed by atoms with Gasteiger partial charge < -0.3 is 10.1 Å². The summed E-state index contributed by atoms with van der Waals surface area (Å²) in [4.78, 5) is 0. The molecule has 0 aromatic heterocycles. The van der Waals surface area contributed by atoms with Gasteiger partial charge in [-0.1, -0.05) is 18.2 Å². The van der Waals surface area contributed by atoms with Gasteiger partial charge in [0, 0.05) is 12.2 Å². The van der Waals surface area contributed by atoms with Crippen molar-refractivity contribution < 1.29 is 9.13 Å². The summed E-state index contributed by atoms with van der Waals surface area (Å²) in [6.45, 7) is 2.66. The maximum Gasteiger partial charge on any atom is 0.128 e. The second kappa shape index (κ2) is 5.61. The topological polar surface area (TPSA) is 21.3 Å². The van der Waals surface area contributed by atoms with Crippen LogP contribution < -0.4 is 5.32 Å². The van der Waals surface area contributed by atoms with Gasteiger partial charge in [0.25, 0.3) is 0 Å². The molecule has 1 aliphatic carbocycles. The van der Waals surface area contributed by atoms with E-state index in [-0.39, 0.29) is 18.0 Å². The molecule has 1 N–H and O–H groups in total. The monoisotopic (exact) mass is 237 g/mol. The summed E-state index contributed by atoms with van der Waals surface area (Å²) in [5.41, 5.74) is 0.709. The van der Waals surface area contributed by atoms with E-state index in [1.54, 1.807) is 6.07 Å².